The quantitative estimate of drug-likeness (QED) is 0.187. The Labute approximate surface area is 199 Å². The van der Waals surface area contributed by atoms with Crippen LogP contribution in [0, 0.1) is 41.5 Å². The molecule has 192 valence electrons. The first kappa shape index (κ1) is 48.5. The van der Waals surface area contributed by atoms with E-state index < -0.39 is 11.9 Å². The zero-order chi connectivity index (χ0) is 28.1. The first-order valence-corrected chi connectivity index (χ1v) is 9.00. The van der Waals surface area contributed by atoms with Crippen molar-refractivity contribution in [3.05, 3.63) is 65.8 Å². The predicted molar refractivity (Wildman–Crippen MR) is 118 cm³/mol. The summed E-state index contributed by atoms with van der Waals surface area (Å²) < 4.78 is 4.67. The van der Waals surface area contributed by atoms with Crippen molar-refractivity contribution in [2.45, 2.75) is 13.8 Å². The molecule has 11 nitrogen and oxygen atoms in total. The van der Waals surface area contributed by atoms with E-state index in [1.807, 2.05) is 0 Å². The highest BCUT2D eigenvalue weighted by molar-refractivity contribution is 5.87. The highest BCUT2D eigenvalue weighted by atomic mass is 17.2. The summed E-state index contributed by atoms with van der Waals surface area (Å²) in [7, 11) is 0. The molecule has 0 saturated heterocycles. The van der Waals surface area contributed by atoms with Gasteiger partial charge in [0.2, 0.25) is 0 Å². The summed E-state index contributed by atoms with van der Waals surface area (Å²) in [4.78, 5) is 30.4. The van der Waals surface area contributed by atoms with Gasteiger partial charge in [0.1, 0.15) is 13.2 Å². The van der Waals surface area contributed by atoms with E-state index in [4.69, 9.17) is 30.6 Å². The van der Waals surface area contributed by atoms with Crippen molar-refractivity contribution in [2.24, 2.45) is 0 Å². The number of hydrogen-bond acceptors (Lipinski definition) is 5. The summed E-state index contributed by atoms with van der Waals surface area (Å²) in [6.07, 6.45) is 0. The average molecular weight is 479 g/mol. The standard InChI is InChI=1S/C10H14O5.6C2H4O/c1-7(2)9(11)13-5-6-14-15-10(12)8(3)4;6*1-2-3/h1,3,5-6H2,2,4H3;6*1-2H2. The van der Waals surface area contributed by atoms with Gasteiger partial charge in [-0.25, -0.2) is 40.2 Å². The molecule has 0 heterocycles. The Morgan fingerprint density at radius 2 is 0.788 bits per heavy atom. The Hall–Kier alpha value is -1.86. The van der Waals surface area contributed by atoms with Gasteiger partial charge in [0.25, 0.3) is 0 Å². The number of esters is 1. The van der Waals surface area contributed by atoms with E-state index in [2.05, 4.69) is 69.2 Å². The van der Waals surface area contributed by atoms with Crippen LogP contribution in [0.3, 0.4) is 0 Å². The zero-order valence-electron chi connectivity index (χ0n) is 19.8. The zero-order valence-corrected chi connectivity index (χ0v) is 19.8. The fourth-order valence-corrected chi connectivity index (χ4v) is 0.458. The van der Waals surface area contributed by atoms with Crippen LogP contribution in [-0.2, 0) is 54.7 Å². The molecule has 0 spiro atoms. The van der Waals surface area contributed by atoms with E-state index in [1.165, 1.54) is 13.8 Å². The van der Waals surface area contributed by atoms with E-state index in [-0.39, 0.29) is 58.4 Å². The summed E-state index contributed by atoms with van der Waals surface area (Å²) in [5.74, 6) is -1.16. The highest BCUT2D eigenvalue weighted by Gasteiger charge is 2.05. The first-order chi connectivity index (χ1) is 15.4. The molecular formula is C22H38O11. The van der Waals surface area contributed by atoms with Crippen molar-refractivity contribution >= 4 is 11.9 Å². The summed E-state index contributed by atoms with van der Waals surface area (Å²) in [6, 6.07) is 0. The Morgan fingerprint density at radius 3 is 1.00 bits per heavy atom. The lowest BCUT2D eigenvalue weighted by Gasteiger charge is -2.04. The van der Waals surface area contributed by atoms with E-state index >= 15 is 0 Å². The van der Waals surface area contributed by atoms with E-state index in [0.29, 0.717) is 5.57 Å². The second-order valence-corrected chi connectivity index (χ2v) is 4.11. The molecular weight excluding hydrogens is 440 g/mol. The normalized spacial score (nSPS) is 7.45. The van der Waals surface area contributed by atoms with Crippen LogP contribution in [0.4, 0.5) is 0 Å². The van der Waals surface area contributed by atoms with Crippen LogP contribution in [-0.4, -0.2) is 64.8 Å². The number of ether oxygens (including phenoxy) is 1. The van der Waals surface area contributed by atoms with Gasteiger partial charge in [0, 0.05) is 11.1 Å². The number of hydrogen-bond donors (Lipinski definition) is 0. The molecule has 0 aliphatic carbocycles. The Kier molecular flexibility index (Phi) is 84.2. The maximum atomic E-state index is 10.8. The summed E-state index contributed by atoms with van der Waals surface area (Å²) in [6.45, 7) is 25.8. The molecule has 0 amide bonds. The minimum Gasteiger partial charge on any atom is -0.460 e. The fourth-order valence-electron chi connectivity index (χ4n) is 0.458. The molecule has 0 aromatic carbocycles. The molecule has 0 aromatic rings. The molecule has 0 unspecified atom stereocenters. The monoisotopic (exact) mass is 478 g/mol. The largest absolute Gasteiger partial charge is 0.460 e. The molecule has 12 radical (unpaired) electrons. The summed E-state index contributed by atoms with van der Waals surface area (Å²) in [5.41, 5.74) is 0.530. The maximum Gasteiger partial charge on any atom is 0.368 e. The minimum atomic E-state index is -0.652. The van der Waals surface area contributed by atoms with Gasteiger partial charge < -0.3 is 4.74 Å². The Balaban J connectivity index is -0.0000000612. The van der Waals surface area contributed by atoms with Crippen molar-refractivity contribution in [3.63, 3.8) is 0 Å². The van der Waals surface area contributed by atoms with Gasteiger partial charge in [-0.15, -0.1) is 0 Å². The predicted octanol–water partition coefficient (Wildman–Crippen LogP) is 2.66. The van der Waals surface area contributed by atoms with Gasteiger partial charge in [0.15, 0.2) is 0 Å². The molecule has 33 heavy (non-hydrogen) atoms. The smallest absolute Gasteiger partial charge is 0.368 e. The van der Waals surface area contributed by atoms with E-state index in [0.717, 1.165) is 0 Å². The Bertz CT molecular complexity index is 330. The first-order valence-electron chi connectivity index (χ1n) is 9.00. The average Bonchev–Trinajstić information content (AvgIpc) is 2.71. The summed E-state index contributed by atoms with van der Waals surface area (Å²) in [5, 5.41) is 52.9. The van der Waals surface area contributed by atoms with Crippen molar-refractivity contribution in [1.82, 2.24) is 0 Å². The van der Waals surface area contributed by atoms with Gasteiger partial charge >= 0.3 is 11.9 Å². The molecule has 0 rings (SSSR count). The molecule has 0 aromatic heterocycles. The Morgan fingerprint density at radius 1 is 0.545 bits per heavy atom. The van der Waals surface area contributed by atoms with Crippen molar-refractivity contribution in [2.75, 3.05) is 52.9 Å². The van der Waals surface area contributed by atoms with Gasteiger partial charge in [-0.05, 0) is 55.4 Å². The van der Waals surface area contributed by atoms with Crippen LogP contribution >= 0.6 is 0 Å². The van der Waals surface area contributed by atoms with Crippen LogP contribution in [0.1, 0.15) is 13.8 Å². The third kappa shape index (κ3) is 119. The van der Waals surface area contributed by atoms with Gasteiger partial charge in [-0.3, -0.25) is 4.89 Å². The third-order valence-electron chi connectivity index (χ3n) is 1.23. The topological polar surface area (TPSA) is 181 Å². The van der Waals surface area contributed by atoms with Crippen molar-refractivity contribution < 1.29 is 54.7 Å². The maximum absolute atomic E-state index is 10.8. The second kappa shape index (κ2) is 57.3. The number of rotatable bonds is 6. The second-order valence-electron chi connectivity index (χ2n) is 4.11. The molecule has 0 bridgehead atoms. The number of carbonyl (C=O) groups is 2. The van der Waals surface area contributed by atoms with Crippen molar-refractivity contribution in [3.8, 4) is 0 Å². The van der Waals surface area contributed by atoms with Crippen LogP contribution in [0.15, 0.2) is 24.3 Å². The van der Waals surface area contributed by atoms with E-state index in [1.54, 1.807) is 0 Å². The molecule has 0 aliphatic heterocycles. The molecule has 0 fully saturated rings. The molecule has 0 aliphatic rings. The highest BCUT2D eigenvalue weighted by Crippen LogP contribution is 1.94. The molecule has 0 N–H and O–H groups in total. The van der Waals surface area contributed by atoms with Crippen LogP contribution < -0.4 is 0 Å². The lowest BCUT2D eigenvalue weighted by atomic mass is 10.4. The van der Waals surface area contributed by atoms with Gasteiger partial charge in [0.05, 0.1) is 39.6 Å². The van der Waals surface area contributed by atoms with Crippen LogP contribution in [0.2, 0.25) is 0 Å². The third-order valence-corrected chi connectivity index (χ3v) is 1.23. The number of carbonyl (C=O) groups excluding carboxylic acids is 2. The van der Waals surface area contributed by atoms with Crippen molar-refractivity contribution in [1.29, 1.82) is 0 Å². The summed E-state index contributed by atoms with van der Waals surface area (Å²) >= 11 is 0. The molecule has 0 atom stereocenters. The van der Waals surface area contributed by atoms with E-state index in [9.17, 15) is 9.59 Å². The van der Waals surface area contributed by atoms with Gasteiger partial charge in [-0.1, -0.05) is 13.2 Å². The van der Waals surface area contributed by atoms with Gasteiger partial charge in [-0.2, -0.15) is 4.89 Å². The fraction of sp³-hybridized carbons (Fsp3) is 0.455. The minimum absolute atomic E-state index is 0.00480. The lowest BCUT2D eigenvalue weighted by Crippen LogP contribution is -2.13. The van der Waals surface area contributed by atoms with Crippen LogP contribution in [0.25, 0.3) is 0 Å². The lowest BCUT2D eigenvalue weighted by molar-refractivity contribution is -0.271. The molecule has 0 saturated carbocycles. The van der Waals surface area contributed by atoms with Crippen LogP contribution in [0.5, 0.6) is 0 Å². The SMILES string of the molecule is C=C(C)C(=O)OCCOOC(=O)C(=C)C.[CH2]C[O].[CH2]C[O].[CH2]C[O].[CH2]C[O].[CH2]C[O].[CH2]C[O]. The molecule has 11 heteroatoms.